The first-order chi connectivity index (χ1) is 12.1. The van der Waals surface area contributed by atoms with Crippen LogP contribution >= 0.6 is 15.9 Å². The van der Waals surface area contributed by atoms with Crippen LogP contribution in [0.2, 0.25) is 0 Å². The number of aryl methyl sites for hydroxylation is 1. The standard InChI is InChI=1S/C20H22BrNO3/c1-14(16-12-18-19(13-17(16)21)25-11-10-24-18)22-20(23)9-5-8-15-6-3-2-4-7-15/h2-4,6-7,12-14H,5,8-11H2,1H3,(H,22,23). The van der Waals surface area contributed by atoms with Gasteiger partial charge in [0.25, 0.3) is 0 Å². The zero-order valence-corrected chi connectivity index (χ0v) is 15.8. The van der Waals surface area contributed by atoms with Crippen LogP contribution in [-0.4, -0.2) is 19.1 Å². The van der Waals surface area contributed by atoms with E-state index >= 15 is 0 Å². The van der Waals surface area contributed by atoms with Crippen molar-refractivity contribution in [2.45, 2.75) is 32.2 Å². The van der Waals surface area contributed by atoms with Crippen LogP contribution in [0.5, 0.6) is 11.5 Å². The second kappa shape index (κ2) is 8.39. The molecule has 1 aliphatic rings. The van der Waals surface area contributed by atoms with Gasteiger partial charge in [0.2, 0.25) is 5.91 Å². The molecule has 5 heteroatoms. The van der Waals surface area contributed by atoms with Crippen LogP contribution < -0.4 is 14.8 Å². The Morgan fingerprint density at radius 2 is 1.84 bits per heavy atom. The minimum absolute atomic E-state index is 0.0604. The largest absolute Gasteiger partial charge is 0.486 e. The lowest BCUT2D eigenvalue weighted by Gasteiger charge is -2.22. The molecule has 4 nitrogen and oxygen atoms in total. The lowest BCUT2D eigenvalue weighted by molar-refractivity contribution is -0.121. The van der Waals surface area contributed by atoms with Gasteiger partial charge in [-0.25, -0.2) is 0 Å². The summed E-state index contributed by atoms with van der Waals surface area (Å²) in [4.78, 5) is 12.2. The Bertz CT molecular complexity index is 733. The molecule has 132 valence electrons. The number of fused-ring (bicyclic) bond motifs is 1. The molecule has 2 aromatic rings. The van der Waals surface area contributed by atoms with E-state index in [-0.39, 0.29) is 11.9 Å². The van der Waals surface area contributed by atoms with Crippen LogP contribution in [0.15, 0.2) is 46.9 Å². The summed E-state index contributed by atoms with van der Waals surface area (Å²) in [7, 11) is 0. The van der Waals surface area contributed by atoms with Crippen molar-refractivity contribution in [3.63, 3.8) is 0 Å². The first kappa shape index (κ1) is 17.8. The van der Waals surface area contributed by atoms with Crippen molar-refractivity contribution in [2.24, 2.45) is 0 Å². The number of rotatable bonds is 6. The molecule has 0 saturated carbocycles. The van der Waals surface area contributed by atoms with Gasteiger partial charge >= 0.3 is 0 Å². The molecule has 0 spiro atoms. The zero-order chi connectivity index (χ0) is 17.6. The van der Waals surface area contributed by atoms with E-state index in [1.54, 1.807) is 0 Å². The van der Waals surface area contributed by atoms with E-state index in [9.17, 15) is 4.79 Å². The van der Waals surface area contributed by atoms with Crippen molar-refractivity contribution in [3.8, 4) is 11.5 Å². The summed E-state index contributed by atoms with van der Waals surface area (Å²) >= 11 is 3.56. The third-order valence-electron chi connectivity index (χ3n) is 4.22. The van der Waals surface area contributed by atoms with Crippen LogP contribution in [0.3, 0.4) is 0 Å². The molecule has 0 aromatic heterocycles. The average Bonchev–Trinajstić information content (AvgIpc) is 2.62. The van der Waals surface area contributed by atoms with Crippen LogP contribution in [0.1, 0.15) is 36.9 Å². The van der Waals surface area contributed by atoms with Gasteiger partial charge in [0, 0.05) is 10.9 Å². The Labute approximate surface area is 156 Å². The molecule has 0 saturated heterocycles. The van der Waals surface area contributed by atoms with Gasteiger partial charge in [-0.2, -0.15) is 0 Å². The highest BCUT2D eigenvalue weighted by Gasteiger charge is 2.19. The van der Waals surface area contributed by atoms with Gasteiger partial charge in [-0.05, 0) is 43.0 Å². The van der Waals surface area contributed by atoms with E-state index in [1.807, 2.05) is 37.3 Å². The highest BCUT2D eigenvalue weighted by molar-refractivity contribution is 9.10. The molecule has 1 aliphatic heterocycles. The first-order valence-corrected chi connectivity index (χ1v) is 9.35. The Hall–Kier alpha value is -2.01. The zero-order valence-electron chi connectivity index (χ0n) is 14.3. The summed E-state index contributed by atoms with van der Waals surface area (Å²) in [5.41, 5.74) is 2.25. The fourth-order valence-electron chi connectivity index (χ4n) is 2.90. The second-order valence-corrected chi connectivity index (χ2v) is 7.00. The van der Waals surface area contributed by atoms with Crippen molar-refractivity contribution < 1.29 is 14.3 Å². The maximum Gasteiger partial charge on any atom is 0.220 e. The highest BCUT2D eigenvalue weighted by Crippen LogP contribution is 2.37. The van der Waals surface area contributed by atoms with Gasteiger partial charge in [-0.1, -0.05) is 46.3 Å². The summed E-state index contributed by atoms with van der Waals surface area (Å²) in [5.74, 6) is 1.53. The summed E-state index contributed by atoms with van der Waals surface area (Å²) in [5, 5.41) is 3.06. The fraction of sp³-hybridized carbons (Fsp3) is 0.350. The molecule has 1 unspecified atom stereocenters. The maximum atomic E-state index is 12.2. The Morgan fingerprint density at radius 3 is 2.56 bits per heavy atom. The predicted molar refractivity (Wildman–Crippen MR) is 101 cm³/mol. The molecular weight excluding hydrogens is 382 g/mol. The van der Waals surface area contributed by atoms with Crippen molar-refractivity contribution in [2.75, 3.05) is 13.2 Å². The first-order valence-electron chi connectivity index (χ1n) is 8.56. The quantitative estimate of drug-likeness (QED) is 0.776. The molecular formula is C20H22BrNO3. The number of amides is 1. The molecule has 1 atom stereocenters. The molecule has 1 N–H and O–H groups in total. The lowest BCUT2D eigenvalue weighted by atomic mass is 10.1. The van der Waals surface area contributed by atoms with Crippen molar-refractivity contribution in [1.29, 1.82) is 0 Å². The van der Waals surface area contributed by atoms with E-state index in [4.69, 9.17) is 9.47 Å². The van der Waals surface area contributed by atoms with Crippen molar-refractivity contribution in [3.05, 3.63) is 58.1 Å². The number of carbonyl (C=O) groups excluding carboxylic acids is 1. The fourth-order valence-corrected chi connectivity index (χ4v) is 3.57. The molecule has 3 rings (SSSR count). The molecule has 0 radical (unpaired) electrons. The van der Waals surface area contributed by atoms with Crippen LogP contribution in [0, 0.1) is 0 Å². The van der Waals surface area contributed by atoms with E-state index in [1.165, 1.54) is 5.56 Å². The lowest BCUT2D eigenvalue weighted by Crippen LogP contribution is -2.27. The number of nitrogens with one attached hydrogen (secondary N) is 1. The van der Waals surface area contributed by atoms with E-state index in [2.05, 4.69) is 33.4 Å². The summed E-state index contributed by atoms with van der Waals surface area (Å²) in [6.45, 7) is 3.09. The van der Waals surface area contributed by atoms with Gasteiger partial charge in [0.05, 0.1) is 6.04 Å². The average molecular weight is 404 g/mol. The van der Waals surface area contributed by atoms with E-state index in [0.717, 1.165) is 34.4 Å². The Balaban J connectivity index is 1.54. The topological polar surface area (TPSA) is 47.6 Å². The third-order valence-corrected chi connectivity index (χ3v) is 4.90. The Kier molecular flexibility index (Phi) is 5.97. The SMILES string of the molecule is CC(NC(=O)CCCc1ccccc1)c1cc2c(cc1Br)OCCO2. The summed E-state index contributed by atoms with van der Waals surface area (Å²) < 4.78 is 12.1. The minimum Gasteiger partial charge on any atom is -0.486 e. The predicted octanol–water partition coefficient (Wildman–Crippen LogP) is 4.42. The molecule has 25 heavy (non-hydrogen) atoms. The van der Waals surface area contributed by atoms with Gasteiger partial charge in [0.15, 0.2) is 11.5 Å². The van der Waals surface area contributed by atoms with Crippen LogP contribution in [-0.2, 0) is 11.2 Å². The third kappa shape index (κ3) is 4.75. The second-order valence-electron chi connectivity index (χ2n) is 6.15. The van der Waals surface area contributed by atoms with Crippen molar-refractivity contribution in [1.82, 2.24) is 5.32 Å². The van der Waals surface area contributed by atoms with Gasteiger partial charge in [0.1, 0.15) is 13.2 Å². The number of halogens is 1. The normalized spacial score (nSPS) is 14.0. The highest BCUT2D eigenvalue weighted by atomic mass is 79.9. The smallest absolute Gasteiger partial charge is 0.220 e. The summed E-state index contributed by atoms with van der Waals surface area (Å²) in [6, 6.07) is 14.0. The maximum absolute atomic E-state index is 12.2. The number of hydrogen-bond acceptors (Lipinski definition) is 3. The molecule has 0 bridgehead atoms. The number of benzene rings is 2. The van der Waals surface area contributed by atoms with Crippen molar-refractivity contribution >= 4 is 21.8 Å². The minimum atomic E-state index is -0.102. The molecule has 1 heterocycles. The Morgan fingerprint density at radius 1 is 1.16 bits per heavy atom. The molecule has 1 amide bonds. The number of ether oxygens (including phenoxy) is 2. The monoisotopic (exact) mass is 403 g/mol. The van der Waals surface area contributed by atoms with E-state index in [0.29, 0.717) is 19.6 Å². The van der Waals surface area contributed by atoms with E-state index < -0.39 is 0 Å². The number of hydrogen-bond donors (Lipinski definition) is 1. The van der Waals surface area contributed by atoms with Gasteiger partial charge in [-0.15, -0.1) is 0 Å². The van der Waals surface area contributed by atoms with Gasteiger partial charge < -0.3 is 14.8 Å². The number of carbonyl (C=O) groups is 1. The summed E-state index contributed by atoms with van der Waals surface area (Å²) in [6.07, 6.45) is 2.27. The molecule has 0 fully saturated rings. The van der Waals surface area contributed by atoms with Crippen LogP contribution in [0.25, 0.3) is 0 Å². The molecule has 2 aromatic carbocycles. The van der Waals surface area contributed by atoms with Crippen LogP contribution in [0.4, 0.5) is 0 Å². The molecule has 0 aliphatic carbocycles. The van der Waals surface area contributed by atoms with Gasteiger partial charge in [-0.3, -0.25) is 4.79 Å².